The largest absolute Gasteiger partial charge is 0.355 e. The highest BCUT2D eigenvalue weighted by Gasteiger charge is 2.05. The lowest BCUT2D eigenvalue weighted by molar-refractivity contribution is -0.121. The maximum atomic E-state index is 11.6. The number of fused-ring (bicyclic) bond motifs is 1. The Hall–Kier alpha value is -1.29. The molecule has 0 saturated carbocycles. The lowest BCUT2D eigenvalue weighted by Gasteiger charge is -2.06. The lowest BCUT2D eigenvalue weighted by Crippen LogP contribution is -2.27. The molecule has 0 atom stereocenters. The van der Waals surface area contributed by atoms with Crippen molar-refractivity contribution in [2.45, 2.75) is 19.9 Å². The Balaban J connectivity index is 2.16. The summed E-state index contributed by atoms with van der Waals surface area (Å²) in [6.07, 6.45) is 2.91. The summed E-state index contributed by atoms with van der Waals surface area (Å²) in [5.41, 5.74) is 1.08. The molecule has 0 spiro atoms. The molecule has 0 aliphatic rings. The zero-order valence-electron chi connectivity index (χ0n) is 9.74. The van der Waals surface area contributed by atoms with Gasteiger partial charge in [-0.2, -0.15) is 0 Å². The fourth-order valence-electron chi connectivity index (χ4n) is 1.78. The maximum Gasteiger partial charge on any atom is 0.239 e. The third kappa shape index (κ3) is 2.88. The van der Waals surface area contributed by atoms with Crippen molar-refractivity contribution in [2.75, 3.05) is 6.54 Å². The van der Waals surface area contributed by atoms with Crippen LogP contribution in [0.15, 0.2) is 34.9 Å². The van der Waals surface area contributed by atoms with E-state index in [-0.39, 0.29) is 5.91 Å². The molecule has 1 aromatic carbocycles. The van der Waals surface area contributed by atoms with Gasteiger partial charge in [0.1, 0.15) is 6.54 Å². The van der Waals surface area contributed by atoms with Gasteiger partial charge < -0.3 is 9.88 Å². The van der Waals surface area contributed by atoms with Gasteiger partial charge in [-0.15, -0.1) is 0 Å². The Morgan fingerprint density at radius 1 is 1.41 bits per heavy atom. The van der Waals surface area contributed by atoms with Crippen LogP contribution in [-0.2, 0) is 11.3 Å². The van der Waals surface area contributed by atoms with E-state index in [1.807, 2.05) is 35.9 Å². The molecule has 0 saturated heterocycles. The lowest BCUT2D eigenvalue weighted by atomic mass is 10.2. The van der Waals surface area contributed by atoms with Crippen LogP contribution in [0, 0.1) is 0 Å². The number of hydrogen-bond donors (Lipinski definition) is 1. The molecule has 2 rings (SSSR count). The van der Waals surface area contributed by atoms with Crippen LogP contribution in [0.3, 0.4) is 0 Å². The normalized spacial score (nSPS) is 10.7. The van der Waals surface area contributed by atoms with E-state index in [1.165, 1.54) is 0 Å². The van der Waals surface area contributed by atoms with Crippen LogP contribution in [0.1, 0.15) is 13.3 Å². The van der Waals surface area contributed by atoms with Crippen molar-refractivity contribution >= 4 is 32.7 Å². The molecule has 0 bridgehead atoms. The van der Waals surface area contributed by atoms with Crippen molar-refractivity contribution in [1.29, 1.82) is 0 Å². The molecule has 4 heteroatoms. The van der Waals surface area contributed by atoms with Gasteiger partial charge in [-0.3, -0.25) is 4.79 Å². The Kier molecular flexibility index (Phi) is 3.84. The Labute approximate surface area is 109 Å². The molecule has 3 nitrogen and oxygen atoms in total. The number of amides is 1. The van der Waals surface area contributed by atoms with Gasteiger partial charge >= 0.3 is 0 Å². The van der Waals surface area contributed by atoms with Crippen LogP contribution in [0.5, 0.6) is 0 Å². The van der Waals surface area contributed by atoms with E-state index < -0.39 is 0 Å². The zero-order valence-corrected chi connectivity index (χ0v) is 11.3. The summed E-state index contributed by atoms with van der Waals surface area (Å²) >= 11 is 3.44. The summed E-state index contributed by atoms with van der Waals surface area (Å²) in [5, 5.41) is 4.02. The van der Waals surface area contributed by atoms with Crippen LogP contribution in [-0.4, -0.2) is 17.0 Å². The van der Waals surface area contributed by atoms with Gasteiger partial charge in [0.2, 0.25) is 5.91 Å². The highest BCUT2D eigenvalue weighted by molar-refractivity contribution is 9.10. The molecule has 17 heavy (non-hydrogen) atoms. The Morgan fingerprint density at radius 3 is 3.00 bits per heavy atom. The van der Waals surface area contributed by atoms with E-state index >= 15 is 0 Å². The molecule has 0 aliphatic carbocycles. The molecule has 1 N–H and O–H groups in total. The second-order valence-electron chi connectivity index (χ2n) is 4.00. The number of carbonyl (C=O) groups is 1. The van der Waals surface area contributed by atoms with E-state index in [0.717, 1.165) is 28.3 Å². The first-order valence-corrected chi connectivity index (χ1v) is 6.51. The number of halogens is 1. The highest BCUT2D eigenvalue weighted by atomic mass is 79.9. The molecule has 0 aliphatic heterocycles. The van der Waals surface area contributed by atoms with E-state index in [0.29, 0.717) is 6.54 Å². The number of rotatable bonds is 4. The van der Waals surface area contributed by atoms with Crippen LogP contribution >= 0.6 is 15.9 Å². The second kappa shape index (κ2) is 5.36. The molecule has 1 aromatic heterocycles. The van der Waals surface area contributed by atoms with E-state index in [2.05, 4.69) is 27.3 Å². The standard InChI is InChI=1S/C13H15BrN2O/c1-2-6-15-13(17)9-16-7-5-10-8-11(14)3-4-12(10)16/h3-5,7-8H,2,6,9H2,1H3,(H,15,17). The average molecular weight is 295 g/mol. The number of benzene rings is 1. The maximum absolute atomic E-state index is 11.6. The molecule has 2 aromatic rings. The molecule has 1 heterocycles. The first-order chi connectivity index (χ1) is 8.20. The van der Waals surface area contributed by atoms with Gasteiger partial charge in [0.05, 0.1) is 0 Å². The van der Waals surface area contributed by atoms with Gasteiger partial charge in [-0.05, 0) is 30.7 Å². The fraction of sp³-hybridized carbons (Fsp3) is 0.308. The van der Waals surface area contributed by atoms with Crippen molar-refractivity contribution in [3.05, 3.63) is 34.9 Å². The van der Waals surface area contributed by atoms with Crippen molar-refractivity contribution in [2.24, 2.45) is 0 Å². The van der Waals surface area contributed by atoms with Gasteiger partial charge in [-0.25, -0.2) is 0 Å². The quantitative estimate of drug-likeness (QED) is 0.924. The van der Waals surface area contributed by atoms with Crippen LogP contribution < -0.4 is 5.32 Å². The molecular weight excluding hydrogens is 280 g/mol. The third-order valence-corrected chi connectivity index (χ3v) is 3.11. The van der Waals surface area contributed by atoms with Crippen molar-refractivity contribution in [3.8, 4) is 0 Å². The van der Waals surface area contributed by atoms with Crippen molar-refractivity contribution < 1.29 is 4.79 Å². The number of nitrogens with one attached hydrogen (secondary N) is 1. The highest BCUT2D eigenvalue weighted by Crippen LogP contribution is 2.20. The predicted molar refractivity (Wildman–Crippen MR) is 72.9 cm³/mol. The second-order valence-corrected chi connectivity index (χ2v) is 4.91. The van der Waals surface area contributed by atoms with Crippen LogP contribution in [0.25, 0.3) is 10.9 Å². The Bertz CT molecular complexity index is 533. The van der Waals surface area contributed by atoms with E-state index in [9.17, 15) is 4.79 Å². The summed E-state index contributed by atoms with van der Waals surface area (Å²) in [4.78, 5) is 11.6. The molecule has 1 amide bonds. The average Bonchev–Trinajstić information content (AvgIpc) is 2.69. The molecule has 0 fully saturated rings. The SMILES string of the molecule is CCCNC(=O)Cn1ccc2cc(Br)ccc21. The zero-order chi connectivity index (χ0) is 12.3. The van der Waals surface area contributed by atoms with Gasteiger partial charge in [0, 0.05) is 28.1 Å². The smallest absolute Gasteiger partial charge is 0.239 e. The summed E-state index contributed by atoms with van der Waals surface area (Å²) in [5.74, 6) is 0.0623. The number of hydrogen-bond acceptors (Lipinski definition) is 1. The molecule has 0 radical (unpaired) electrons. The van der Waals surface area contributed by atoms with E-state index in [4.69, 9.17) is 0 Å². The number of nitrogens with zero attached hydrogens (tertiary/aromatic N) is 1. The molecule has 90 valence electrons. The monoisotopic (exact) mass is 294 g/mol. The first kappa shape index (κ1) is 12.2. The minimum absolute atomic E-state index is 0.0623. The minimum Gasteiger partial charge on any atom is -0.355 e. The van der Waals surface area contributed by atoms with Gasteiger partial charge in [0.25, 0.3) is 0 Å². The molecular formula is C13H15BrN2O. The summed E-state index contributed by atoms with van der Waals surface area (Å²) in [6.45, 7) is 3.16. The fourth-order valence-corrected chi connectivity index (χ4v) is 2.16. The van der Waals surface area contributed by atoms with Crippen LogP contribution in [0.2, 0.25) is 0 Å². The minimum atomic E-state index is 0.0623. The topological polar surface area (TPSA) is 34.0 Å². The summed E-state index contributed by atoms with van der Waals surface area (Å²) in [7, 11) is 0. The molecule has 0 unspecified atom stereocenters. The van der Waals surface area contributed by atoms with Crippen LogP contribution in [0.4, 0.5) is 0 Å². The van der Waals surface area contributed by atoms with Crippen molar-refractivity contribution in [1.82, 2.24) is 9.88 Å². The predicted octanol–water partition coefficient (Wildman–Crippen LogP) is 2.93. The summed E-state index contributed by atoms with van der Waals surface area (Å²) in [6, 6.07) is 8.08. The van der Waals surface area contributed by atoms with Gasteiger partial charge in [-0.1, -0.05) is 22.9 Å². The van der Waals surface area contributed by atoms with Crippen molar-refractivity contribution in [3.63, 3.8) is 0 Å². The van der Waals surface area contributed by atoms with Gasteiger partial charge in [0.15, 0.2) is 0 Å². The van der Waals surface area contributed by atoms with E-state index in [1.54, 1.807) is 0 Å². The summed E-state index contributed by atoms with van der Waals surface area (Å²) < 4.78 is 3.02. The Morgan fingerprint density at radius 2 is 2.24 bits per heavy atom. The first-order valence-electron chi connectivity index (χ1n) is 5.72. The number of aromatic nitrogens is 1. The number of carbonyl (C=O) groups excluding carboxylic acids is 1. The third-order valence-electron chi connectivity index (χ3n) is 2.62.